The Morgan fingerprint density at radius 1 is 1.21 bits per heavy atom. The number of nitrogen functional groups attached to an aromatic ring is 1. The predicted octanol–water partition coefficient (Wildman–Crippen LogP) is 3.13. The largest absolute Gasteiger partial charge is 0.397 e. The van der Waals surface area contributed by atoms with Crippen LogP contribution < -0.4 is 11.1 Å². The molecule has 94 valence electrons. The van der Waals surface area contributed by atoms with Crippen molar-refractivity contribution in [1.82, 2.24) is 4.98 Å². The van der Waals surface area contributed by atoms with Crippen molar-refractivity contribution in [3.05, 3.63) is 53.7 Å². The highest BCUT2D eigenvalue weighted by Gasteiger charge is 2.16. The summed E-state index contributed by atoms with van der Waals surface area (Å²) in [6.45, 7) is 0. The fourth-order valence-electron chi connectivity index (χ4n) is 1.86. The minimum absolute atomic E-state index is 0.202. The van der Waals surface area contributed by atoms with Gasteiger partial charge in [-0.2, -0.15) is 0 Å². The van der Waals surface area contributed by atoms with Crippen LogP contribution in [0.4, 0.5) is 11.4 Å². The number of pyridine rings is 1. The molecule has 4 nitrogen and oxygen atoms in total. The first-order chi connectivity index (χ1) is 9.25. The summed E-state index contributed by atoms with van der Waals surface area (Å²) in [6.07, 6.45) is 3.25. The van der Waals surface area contributed by atoms with Crippen LogP contribution in [-0.2, 0) is 0 Å². The summed E-state index contributed by atoms with van der Waals surface area (Å²) in [5.74, 6) is -0.202. The molecule has 0 fully saturated rings. The number of nitrogens with two attached hydrogens (primary N) is 1. The smallest absolute Gasteiger partial charge is 0.267 e. The molecule has 0 saturated heterocycles. The van der Waals surface area contributed by atoms with Crippen LogP contribution in [0.1, 0.15) is 9.67 Å². The van der Waals surface area contributed by atoms with Gasteiger partial charge in [0, 0.05) is 16.3 Å². The van der Waals surface area contributed by atoms with Crippen molar-refractivity contribution in [3.63, 3.8) is 0 Å². The quantitative estimate of drug-likeness (QED) is 0.751. The van der Waals surface area contributed by atoms with Gasteiger partial charge in [-0.3, -0.25) is 9.78 Å². The normalized spacial score (nSPS) is 10.5. The maximum atomic E-state index is 12.2. The van der Waals surface area contributed by atoms with Crippen molar-refractivity contribution in [2.24, 2.45) is 0 Å². The van der Waals surface area contributed by atoms with E-state index in [1.165, 1.54) is 11.3 Å². The molecule has 0 saturated carbocycles. The lowest BCUT2D eigenvalue weighted by Gasteiger charge is -2.03. The van der Waals surface area contributed by atoms with Crippen LogP contribution in [0.3, 0.4) is 0 Å². The van der Waals surface area contributed by atoms with Gasteiger partial charge < -0.3 is 11.1 Å². The third-order valence-electron chi connectivity index (χ3n) is 2.76. The molecule has 0 atom stereocenters. The number of amides is 1. The molecule has 0 aliphatic heterocycles. The van der Waals surface area contributed by atoms with E-state index in [2.05, 4.69) is 10.3 Å². The number of fused-ring (bicyclic) bond motifs is 1. The Morgan fingerprint density at radius 2 is 2.05 bits per heavy atom. The van der Waals surface area contributed by atoms with Crippen molar-refractivity contribution in [2.45, 2.75) is 0 Å². The second-order valence-corrected chi connectivity index (χ2v) is 5.09. The topological polar surface area (TPSA) is 68.0 Å². The van der Waals surface area contributed by atoms with Gasteiger partial charge >= 0.3 is 0 Å². The fraction of sp³-hybridized carbons (Fsp3) is 0. The Bertz CT molecular complexity index is 737. The molecule has 19 heavy (non-hydrogen) atoms. The van der Waals surface area contributed by atoms with E-state index < -0.39 is 0 Å². The fourth-order valence-corrected chi connectivity index (χ4v) is 2.88. The molecule has 3 rings (SSSR count). The Morgan fingerprint density at radius 3 is 2.79 bits per heavy atom. The number of anilines is 2. The first kappa shape index (κ1) is 11.7. The lowest BCUT2D eigenvalue weighted by atomic mass is 10.2. The van der Waals surface area contributed by atoms with Crippen LogP contribution in [-0.4, -0.2) is 10.9 Å². The Labute approximate surface area is 113 Å². The van der Waals surface area contributed by atoms with Crippen LogP contribution in [0.5, 0.6) is 0 Å². The number of nitrogens with zero attached hydrogens (tertiary/aromatic N) is 1. The van der Waals surface area contributed by atoms with Gasteiger partial charge in [0.05, 0.1) is 17.6 Å². The molecular formula is C14H11N3OS. The molecule has 5 heteroatoms. The van der Waals surface area contributed by atoms with Crippen LogP contribution in [0, 0.1) is 0 Å². The number of hydrogen-bond donors (Lipinski definition) is 2. The number of rotatable bonds is 2. The maximum Gasteiger partial charge on any atom is 0.267 e. The van der Waals surface area contributed by atoms with Crippen LogP contribution in [0.25, 0.3) is 10.1 Å². The molecule has 3 N–H and O–H groups in total. The molecule has 1 aromatic carbocycles. The first-order valence-electron chi connectivity index (χ1n) is 5.74. The summed E-state index contributed by atoms with van der Waals surface area (Å²) in [7, 11) is 0. The average molecular weight is 269 g/mol. The van der Waals surface area contributed by atoms with Crippen molar-refractivity contribution in [1.29, 1.82) is 0 Å². The van der Waals surface area contributed by atoms with E-state index in [0.29, 0.717) is 16.3 Å². The van der Waals surface area contributed by atoms with Gasteiger partial charge in [0.15, 0.2) is 0 Å². The summed E-state index contributed by atoms with van der Waals surface area (Å²) in [5, 5.41) is 3.71. The number of nitrogens with one attached hydrogen (secondary N) is 1. The van der Waals surface area contributed by atoms with Crippen LogP contribution >= 0.6 is 11.3 Å². The highest BCUT2D eigenvalue weighted by atomic mass is 32.1. The number of carbonyl (C=O) groups excluding carboxylic acids is 1. The van der Waals surface area contributed by atoms with Gasteiger partial charge in [0.25, 0.3) is 5.91 Å². The summed E-state index contributed by atoms with van der Waals surface area (Å²) < 4.78 is 1.01. The zero-order chi connectivity index (χ0) is 13.2. The summed E-state index contributed by atoms with van der Waals surface area (Å²) in [6, 6.07) is 11.3. The van der Waals surface area contributed by atoms with E-state index in [9.17, 15) is 4.79 Å². The zero-order valence-corrected chi connectivity index (χ0v) is 10.8. The lowest BCUT2D eigenvalue weighted by Crippen LogP contribution is -2.11. The van der Waals surface area contributed by atoms with E-state index in [-0.39, 0.29) is 5.91 Å². The standard InChI is InChI=1S/C14H11N3OS/c15-12-10-5-1-2-6-11(10)19-13(12)14(18)17-9-4-3-7-16-8-9/h1-8H,15H2,(H,17,18). The van der Waals surface area contributed by atoms with Crippen molar-refractivity contribution in [3.8, 4) is 0 Å². The van der Waals surface area contributed by atoms with E-state index in [0.717, 1.165) is 10.1 Å². The van der Waals surface area contributed by atoms with Gasteiger partial charge in [0.1, 0.15) is 4.88 Å². The molecule has 0 spiro atoms. The molecule has 2 heterocycles. The average Bonchev–Trinajstić information content (AvgIpc) is 2.78. The van der Waals surface area contributed by atoms with E-state index in [1.54, 1.807) is 24.5 Å². The molecule has 1 amide bonds. The Kier molecular flexibility index (Phi) is 2.89. The number of aromatic nitrogens is 1. The minimum Gasteiger partial charge on any atom is -0.397 e. The van der Waals surface area contributed by atoms with E-state index in [1.807, 2.05) is 24.3 Å². The number of thiophene rings is 1. The summed E-state index contributed by atoms with van der Waals surface area (Å²) in [4.78, 5) is 16.7. The molecule has 0 radical (unpaired) electrons. The van der Waals surface area contributed by atoms with Gasteiger partial charge in [-0.15, -0.1) is 11.3 Å². The van der Waals surface area contributed by atoms with Gasteiger partial charge in [-0.1, -0.05) is 18.2 Å². The lowest BCUT2D eigenvalue weighted by molar-refractivity contribution is 0.103. The zero-order valence-electron chi connectivity index (χ0n) is 9.96. The Balaban J connectivity index is 1.96. The number of hydrogen-bond acceptors (Lipinski definition) is 4. The molecule has 0 unspecified atom stereocenters. The molecular weight excluding hydrogens is 258 g/mol. The molecule has 2 aromatic heterocycles. The van der Waals surface area contributed by atoms with Crippen molar-refractivity contribution >= 4 is 38.7 Å². The highest BCUT2D eigenvalue weighted by molar-refractivity contribution is 7.21. The van der Waals surface area contributed by atoms with Crippen molar-refractivity contribution in [2.75, 3.05) is 11.1 Å². The van der Waals surface area contributed by atoms with Gasteiger partial charge in [0.2, 0.25) is 0 Å². The van der Waals surface area contributed by atoms with E-state index >= 15 is 0 Å². The summed E-state index contributed by atoms with van der Waals surface area (Å²) in [5.41, 5.74) is 7.21. The molecule has 0 aliphatic rings. The molecule has 0 aliphatic carbocycles. The van der Waals surface area contributed by atoms with E-state index in [4.69, 9.17) is 5.73 Å². The third-order valence-corrected chi connectivity index (χ3v) is 3.94. The van der Waals surface area contributed by atoms with Crippen LogP contribution in [0.15, 0.2) is 48.8 Å². The Hall–Kier alpha value is -2.40. The van der Waals surface area contributed by atoms with Gasteiger partial charge in [-0.25, -0.2) is 0 Å². The monoisotopic (exact) mass is 269 g/mol. The first-order valence-corrected chi connectivity index (χ1v) is 6.56. The number of carbonyl (C=O) groups is 1. The van der Waals surface area contributed by atoms with Gasteiger partial charge in [-0.05, 0) is 18.2 Å². The second-order valence-electron chi connectivity index (χ2n) is 4.04. The molecule has 3 aromatic rings. The second kappa shape index (κ2) is 4.70. The third kappa shape index (κ3) is 2.15. The highest BCUT2D eigenvalue weighted by Crippen LogP contribution is 2.33. The van der Waals surface area contributed by atoms with Crippen molar-refractivity contribution < 1.29 is 4.79 Å². The molecule has 0 bridgehead atoms. The SMILES string of the molecule is Nc1c(C(=O)Nc2cccnc2)sc2ccccc12. The van der Waals surface area contributed by atoms with Crippen LogP contribution in [0.2, 0.25) is 0 Å². The predicted molar refractivity (Wildman–Crippen MR) is 78.4 cm³/mol. The maximum absolute atomic E-state index is 12.2. The number of benzene rings is 1. The minimum atomic E-state index is -0.202. The summed E-state index contributed by atoms with van der Waals surface area (Å²) >= 11 is 1.39.